The van der Waals surface area contributed by atoms with Gasteiger partial charge in [0.05, 0.1) is 0 Å². The van der Waals surface area contributed by atoms with Gasteiger partial charge in [0.2, 0.25) is 0 Å². The standard InChI is InChI=1S/C29H40O8Si/c1-7-18-9-10-19(16-20(18)14-17-8-11-21-22(15-17)35-13-12-34-21)26-24(31)23(30)25(32)27(36-26)28(33)37-38(5,6)29(2,3)4/h8-11,15-16,23-27,30-32H,7,12-14H2,1-6H3/t23-,24-,25+,26?,27+/m1/s1. The van der Waals surface area contributed by atoms with Crippen LogP contribution in [0.15, 0.2) is 36.4 Å². The fourth-order valence-corrected chi connectivity index (χ4v) is 5.49. The fourth-order valence-electron chi connectivity index (χ4n) is 4.56. The molecule has 208 valence electrons. The molecule has 0 aromatic heterocycles. The summed E-state index contributed by atoms with van der Waals surface area (Å²) in [6, 6.07) is 11.6. The van der Waals surface area contributed by atoms with E-state index in [1.165, 1.54) is 0 Å². The minimum atomic E-state index is -2.50. The number of aliphatic hydroxyl groups is 3. The van der Waals surface area contributed by atoms with Crippen LogP contribution in [-0.4, -0.2) is 67.2 Å². The first-order valence-corrected chi connectivity index (χ1v) is 16.2. The van der Waals surface area contributed by atoms with E-state index in [-0.39, 0.29) is 5.04 Å². The molecule has 8 nitrogen and oxygen atoms in total. The summed E-state index contributed by atoms with van der Waals surface area (Å²) in [5, 5.41) is 31.9. The molecule has 5 atom stereocenters. The van der Waals surface area contributed by atoms with Gasteiger partial charge in [0.15, 0.2) is 17.6 Å². The van der Waals surface area contributed by atoms with Crippen LogP contribution in [0.2, 0.25) is 18.1 Å². The molecule has 3 N–H and O–H groups in total. The van der Waals surface area contributed by atoms with Crippen LogP contribution >= 0.6 is 0 Å². The Hall–Kier alpha value is -2.43. The van der Waals surface area contributed by atoms with Crippen molar-refractivity contribution >= 4 is 14.3 Å². The van der Waals surface area contributed by atoms with Gasteiger partial charge < -0.3 is 34.0 Å². The highest BCUT2D eigenvalue weighted by atomic mass is 28.4. The first-order chi connectivity index (χ1) is 17.8. The number of fused-ring (bicyclic) bond motifs is 1. The van der Waals surface area contributed by atoms with Crippen molar-refractivity contribution in [2.75, 3.05) is 13.2 Å². The molecule has 38 heavy (non-hydrogen) atoms. The molecule has 1 saturated heterocycles. The Bertz CT molecular complexity index is 1160. The molecular formula is C29H40O8Si. The number of ether oxygens (including phenoxy) is 3. The van der Waals surface area contributed by atoms with Crippen LogP contribution in [0.1, 0.15) is 56.1 Å². The van der Waals surface area contributed by atoms with E-state index in [2.05, 4.69) is 6.92 Å². The molecule has 2 heterocycles. The van der Waals surface area contributed by atoms with Gasteiger partial charge in [0.25, 0.3) is 8.32 Å². The summed E-state index contributed by atoms with van der Waals surface area (Å²) in [7, 11) is -2.50. The Kier molecular flexibility index (Phi) is 8.25. The number of hydrogen-bond donors (Lipinski definition) is 3. The number of carbonyl (C=O) groups excluding carboxylic acids is 1. The summed E-state index contributed by atoms with van der Waals surface area (Å²) in [4.78, 5) is 13.1. The van der Waals surface area contributed by atoms with E-state index in [1.807, 2.05) is 70.3 Å². The highest BCUT2D eigenvalue weighted by Gasteiger charge is 2.50. The van der Waals surface area contributed by atoms with E-state index in [0.717, 1.165) is 28.9 Å². The normalized spacial score (nSPS) is 25.7. The molecular weight excluding hydrogens is 504 g/mol. The number of benzene rings is 2. The average Bonchev–Trinajstić information content (AvgIpc) is 2.86. The Morgan fingerprint density at radius 2 is 1.63 bits per heavy atom. The van der Waals surface area contributed by atoms with Gasteiger partial charge in [-0.05, 0) is 65.4 Å². The Morgan fingerprint density at radius 3 is 2.29 bits per heavy atom. The monoisotopic (exact) mass is 544 g/mol. The molecule has 2 aromatic carbocycles. The lowest BCUT2D eigenvalue weighted by molar-refractivity contribution is -0.229. The Balaban J connectivity index is 1.60. The first kappa shape index (κ1) is 28.6. The summed E-state index contributed by atoms with van der Waals surface area (Å²) in [5.41, 5.74) is 3.80. The molecule has 1 unspecified atom stereocenters. The summed E-state index contributed by atoms with van der Waals surface area (Å²) < 4.78 is 23.2. The van der Waals surface area contributed by atoms with Crippen LogP contribution in [0.5, 0.6) is 11.5 Å². The van der Waals surface area contributed by atoms with E-state index >= 15 is 0 Å². The molecule has 0 spiro atoms. The smallest absolute Gasteiger partial charge is 0.324 e. The second-order valence-electron chi connectivity index (χ2n) is 11.7. The zero-order valence-corrected chi connectivity index (χ0v) is 24.1. The minimum absolute atomic E-state index is 0.238. The number of carbonyl (C=O) groups is 1. The van der Waals surface area contributed by atoms with Gasteiger partial charge >= 0.3 is 5.97 Å². The van der Waals surface area contributed by atoms with E-state index in [9.17, 15) is 20.1 Å². The van der Waals surface area contributed by atoms with Gasteiger partial charge in [-0.15, -0.1) is 0 Å². The maximum atomic E-state index is 13.1. The van der Waals surface area contributed by atoms with Crippen LogP contribution in [0.3, 0.4) is 0 Å². The zero-order chi connectivity index (χ0) is 27.8. The third-order valence-corrected chi connectivity index (χ3v) is 12.3. The molecule has 1 fully saturated rings. The fraction of sp³-hybridized carbons (Fsp3) is 0.552. The van der Waals surface area contributed by atoms with Crippen molar-refractivity contribution in [3.63, 3.8) is 0 Å². The highest BCUT2D eigenvalue weighted by Crippen LogP contribution is 2.39. The lowest BCUT2D eigenvalue weighted by Crippen LogP contribution is -2.58. The summed E-state index contributed by atoms with van der Waals surface area (Å²) >= 11 is 0. The molecule has 4 rings (SSSR count). The Labute approximate surface area is 225 Å². The van der Waals surface area contributed by atoms with E-state index in [0.29, 0.717) is 30.9 Å². The van der Waals surface area contributed by atoms with Crippen molar-refractivity contribution in [1.29, 1.82) is 0 Å². The zero-order valence-electron chi connectivity index (χ0n) is 23.1. The molecule has 2 aromatic rings. The average molecular weight is 545 g/mol. The lowest BCUT2D eigenvalue weighted by atomic mass is 9.88. The van der Waals surface area contributed by atoms with Crippen LogP contribution < -0.4 is 9.47 Å². The quantitative estimate of drug-likeness (QED) is 0.472. The molecule has 0 bridgehead atoms. The SMILES string of the molecule is CCc1ccc(C2O[C@H](C(=O)O[Si](C)(C)C(C)(C)C)[C@@H](O)[C@H](O)[C@H]2O)cc1Cc1ccc2c(c1)OCCO2. The third-order valence-electron chi connectivity index (χ3n) is 7.95. The van der Waals surface area contributed by atoms with E-state index < -0.39 is 44.8 Å². The highest BCUT2D eigenvalue weighted by molar-refractivity contribution is 6.75. The van der Waals surface area contributed by atoms with Gasteiger partial charge in [-0.3, -0.25) is 4.79 Å². The maximum Gasteiger partial charge on any atom is 0.324 e. The minimum Gasteiger partial charge on any atom is -0.517 e. The van der Waals surface area contributed by atoms with Crippen molar-refractivity contribution in [3.8, 4) is 11.5 Å². The third kappa shape index (κ3) is 5.77. The maximum absolute atomic E-state index is 13.1. The van der Waals surface area contributed by atoms with E-state index in [1.54, 1.807) is 0 Å². The van der Waals surface area contributed by atoms with Crippen molar-refractivity contribution in [2.45, 2.75) is 89.2 Å². The predicted molar refractivity (Wildman–Crippen MR) is 145 cm³/mol. The Morgan fingerprint density at radius 1 is 0.947 bits per heavy atom. The van der Waals surface area contributed by atoms with Crippen molar-refractivity contribution < 1.29 is 38.8 Å². The number of rotatable bonds is 6. The molecule has 0 saturated carbocycles. The molecule has 0 amide bonds. The van der Waals surface area contributed by atoms with E-state index in [4.69, 9.17) is 18.6 Å². The molecule has 9 heteroatoms. The topological polar surface area (TPSA) is 115 Å². The predicted octanol–water partition coefficient (Wildman–Crippen LogP) is 3.68. The lowest BCUT2D eigenvalue weighted by Gasteiger charge is -2.42. The summed E-state index contributed by atoms with van der Waals surface area (Å²) in [6.45, 7) is 13.0. The van der Waals surface area contributed by atoms with Gasteiger partial charge in [-0.2, -0.15) is 0 Å². The molecule has 0 radical (unpaired) electrons. The van der Waals surface area contributed by atoms with Crippen LogP contribution in [0, 0.1) is 0 Å². The van der Waals surface area contributed by atoms with Gasteiger partial charge in [-0.25, -0.2) is 0 Å². The number of hydrogen-bond acceptors (Lipinski definition) is 8. The molecule has 0 aliphatic carbocycles. The number of aryl methyl sites for hydroxylation is 1. The van der Waals surface area contributed by atoms with Crippen LogP contribution in [-0.2, 0) is 26.8 Å². The van der Waals surface area contributed by atoms with Crippen LogP contribution in [0.25, 0.3) is 0 Å². The van der Waals surface area contributed by atoms with Crippen molar-refractivity contribution in [3.05, 3.63) is 58.7 Å². The van der Waals surface area contributed by atoms with Crippen molar-refractivity contribution in [2.24, 2.45) is 0 Å². The second-order valence-corrected chi connectivity index (χ2v) is 16.4. The largest absolute Gasteiger partial charge is 0.517 e. The second kappa shape index (κ2) is 11.0. The van der Waals surface area contributed by atoms with Crippen LogP contribution in [0.4, 0.5) is 0 Å². The van der Waals surface area contributed by atoms with Gasteiger partial charge in [-0.1, -0.05) is 52.0 Å². The summed E-state index contributed by atoms with van der Waals surface area (Å²) in [6.07, 6.45) is -5.62. The first-order valence-electron chi connectivity index (χ1n) is 13.2. The van der Waals surface area contributed by atoms with Gasteiger partial charge in [0, 0.05) is 0 Å². The summed E-state index contributed by atoms with van der Waals surface area (Å²) in [5.74, 6) is 0.724. The number of aliphatic hydroxyl groups excluding tert-OH is 3. The van der Waals surface area contributed by atoms with Crippen molar-refractivity contribution in [1.82, 2.24) is 0 Å². The molecule has 2 aliphatic heterocycles. The van der Waals surface area contributed by atoms with Gasteiger partial charge in [0.1, 0.15) is 37.6 Å². The molecule has 2 aliphatic rings.